The van der Waals surface area contributed by atoms with E-state index >= 15 is 0 Å². The lowest BCUT2D eigenvalue weighted by Gasteiger charge is -2.07. The van der Waals surface area contributed by atoms with Crippen LogP contribution in [0.25, 0.3) is 0 Å². The van der Waals surface area contributed by atoms with Crippen LogP contribution in [0.3, 0.4) is 0 Å². The van der Waals surface area contributed by atoms with Crippen molar-refractivity contribution >= 4 is 11.6 Å². The van der Waals surface area contributed by atoms with E-state index in [1.807, 2.05) is 0 Å². The van der Waals surface area contributed by atoms with E-state index < -0.39 is 11.7 Å². The van der Waals surface area contributed by atoms with Gasteiger partial charge in [0.1, 0.15) is 0 Å². The fourth-order valence-corrected chi connectivity index (χ4v) is 0.946. The lowest BCUT2D eigenvalue weighted by molar-refractivity contribution is -0.137. The molecule has 0 saturated heterocycles. The van der Waals surface area contributed by atoms with E-state index in [1.54, 1.807) is 0 Å². The summed E-state index contributed by atoms with van der Waals surface area (Å²) in [5, 5.41) is 2.38. The van der Waals surface area contributed by atoms with Gasteiger partial charge < -0.3 is 5.32 Å². The highest BCUT2D eigenvalue weighted by Crippen LogP contribution is 2.29. The zero-order valence-electron chi connectivity index (χ0n) is 7.35. The highest BCUT2D eigenvalue weighted by atomic mass is 19.3. The molecule has 1 N–H and O–H groups in total. The predicted molar refractivity (Wildman–Crippen MR) is 45.7 cm³/mol. The summed E-state index contributed by atoms with van der Waals surface area (Å²) < 4.78 is 36.3. The fraction of sp³-hybridized carbons (Fsp3) is 0.222. The zero-order valence-corrected chi connectivity index (χ0v) is 7.35. The van der Waals surface area contributed by atoms with Crippen molar-refractivity contribution in [1.82, 2.24) is 0 Å². The first-order chi connectivity index (χ1) is 6.39. The summed E-state index contributed by atoms with van der Waals surface area (Å²) in [5.74, 6) is -0.315. The van der Waals surface area contributed by atoms with Gasteiger partial charge in [-0.25, -0.2) is 0 Å². The highest BCUT2D eigenvalue weighted by molar-refractivity contribution is 5.88. The van der Waals surface area contributed by atoms with Gasteiger partial charge in [0.05, 0.1) is 5.56 Å². The number of benzene rings is 1. The summed E-state index contributed by atoms with van der Waals surface area (Å²) in [5.41, 5.74) is -0.378. The largest absolute Gasteiger partial charge is 0.416 e. The Morgan fingerprint density at radius 2 is 1.71 bits per heavy atom. The Hall–Kier alpha value is -1.52. The van der Waals surface area contributed by atoms with Crippen LogP contribution in [0.5, 0.6) is 0 Å². The smallest absolute Gasteiger partial charge is 0.326 e. The maximum atomic E-state index is 12.1. The minimum atomic E-state index is -4.34. The number of amides is 1. The minimum Gasteiger partial charge on any atom is -0.326 e. The summed E-state index contributed by atoms with van der Waals surface area (Å²) in [4.78, 5) is 10.6. The molecule has 1 aromatic rings. The number of nitrogens with one attached hydrogen (secondary N) is 1. The molecule has 14 heavy (non-hydrogen) atoms. The minimum absolute atomic E-state index is 0.315. The van der Waals surface area contributed by atoms with Crippen molar-refractivity contribution in [2.75, 3.05) is 5.32 Å². The summed E-state index contributed by atoms with van der Waals surface area (Å²) >= 11 is 0. The maximum absolute atomic E-state index is 12.1. The standard InChI is InChI=1S/C9H8F3NO/c1-6(14)13-8-4-2-7(3-5-8)9(10,11)12/h2-5H,1H3,(H,13,14)/i10-1. The van der Waals surface area contributed by atoms with E-state index in [0.717, 1.165) is 12.1 Å². The fourth-order valence-electron chi connectivity index (χ4n) is 0.946. The molecule has 0 bridgehead atoms. The molecule has 0 saturated carbocycles. The third-order valence-corrected chi connectivity index (χ3v) is 1.53. The van der Waals surface area contributed by atoms with Crippen LogP contribution in [0.2, 0.25) is 0 Å². The van der Waals surface area contributed by atoms with Gasteiger partial charge in [0.25, 0.3) is 0 Å². The monoisotopic (exact) mass is 202 g/mol. The predicted octanol–water partition coefficient (Wildman–Crippen LogP) is 2.66. The van der Waals surface area contributed by atoms with Crippen LogP contribution in [0.15, 0.2) is 24.3 Å². The van der Waals surface area contributed by atoms with Crippen molar-refractivity contribution in [3.8, 4) is 0 Å². The molecule has 76 valence electrons. The average molecular weight is 202 g/mol. The van der Waals surface area contributed by atoms with E-state index in [1.165, 1.54) is 19.1 Å². The van der Waals surface area contributed by atoms with Gasteiger partial charge in [-0.3, -0.25) is 4.79 Å². The van der Waals surface area contributed by atoms with Crippen LogP contribution in [-0.2, 0) is 11.0 Å². The van der Waals surface area contributed by atoms with E-state index in [4.69, 9.17) is 0 Å². The first kappa shape index (κ1) is 10.6. The molecule has 0 heterocycles. The molecular weight excluding hydrogens is 194 g/mol. The van der Waals surface area contributed by atoms with Crippen molar-refractivity contribution < 1.29 is 18.0 Å². The molecule has 5 heteroatoms. The Bertz CT molecular complexity index is 329. The summed E-state index contributed by atoms with van der Waals surface area (Å²) in [6.07, 6.45) is -4.34. The summed E-state index contributed by atoms with van der Waals surface area (Å²) in [7, 11) is 0. The molecule has 0 aliphatic rings. The van der Waals surface area contributed by atoms with E-state index in [9.17, 15) is 18.0 Å². The number of carbonyl (C=O) groups is 1. The third-order valence-electron chi connectivity index (χ3n) is 1.53. The van der Waals surface area contributed by atoms with Crippen LogP contribution in [-0.4, -0.2) is 5.91 Å². The number of hydrogen-bond donors (Lipinski definition) is 1. The average Bonchev–Trinajstić information content (AvgIpc) is 2.02. The Balaban J connectivity index is 2.84. The van der Waals surface area contributed by atoms with Gasteiger partial charge in [-0.05, 0) is 24.3 Å². The first-order valence-electron chi connectivity index (χ1n) is 3.84. The topological polar surface area (TPSA) is 29.1 Å². The van der Waals surface area contributed by atoms with Gasteiger partial charge in [0, 0.05) is 12.6 Å². The van der Waals surface area contributed by atoms with E-state index in [2.05, 4.69) is 5.32 Å². The van der Waals surface area contributed by atoms with E-state index in [-0.39, 0.29) is 5.91 Å². The van der Waals surface area contributed by atoms with Crippen molar-refractivity contribution in [1.29, 1.82) is 0 Å². The first-order valence-corrected chi connectivity index (χ1v) is 3.84. The summed E-state index contributed by atoms with van der Waals surface area (Å²) in [6, 6.07) is 4.27. The molecule has 1 amide bonds. The van der Waals surface area contributed by atoms with Crippen molar-refractivity contribution in [3.05, 3.63) is 29.8 Å². The van der Waals surface area contributed by atoms with Crippen LogP contribution in [0.4, 0.5) is 18.9 Å². The molecule has 1 rings (SSSR count). The Kier molecular flexibility index (Phi) is 2.78. The lowest BCUT2D eigenvalue weighted by atomic mass is 10.2. The Labute approximate surface area is 78.7 Å². The number of alkyl halides is 3. The number of carbonyl (C=O) groups excluding carboxylic acids is 1. The van der Waals surface area contributed by atoms with Crippen LogP contribution in [0.1, 0.15) is 12.5 Å². The molecule has 0 fully saturated rings. The zero-order chi connectivity index (χ0) is 10.8. The van der Waals surface area contributed by atoms with Gasteiger partial charge in [0.15, 0.2) is 0 Å². The normalized spacial score (nSPS) is 11.1. The van der Waals surface area contributed by atoms with Gasteiger partial charge >= 0.3 is 6.18 Å². The number of hydrogen-bond acceptors (Lipinski definition) is 1. The molecule has 0 unspecified atom stereocenters. The molecule has 0 radical (unpaired) electrons. The maximum Gasteiger partial charge on any atom is 0.416 e. The van der Waals surface area contributed by atoms with Crippen LogP contribution < -0.4 is 5.32 Å². The third kappa shape index (κ3) is 2.76. The van der Waals surface area contributed by atoms with Gasteiger partial charge in [-0.2, -0.15) is 13.2 Å². The number of halogens is 3. The molecule has 0 spiro atoms. The van der Waals surface area contributed by atoms with Gasteiger partial charge in [-0.1, -0.05) is 0 Å². The number of anilines is 1. The molecule has 0 atom stereocenters. The SMILES string of the molecule is CC(=O)Nc1ccc(C(F)(F)[18F])cc1. The van der Waals surface area contributed by atoms with Gasteiger partial charge in [0.2, 0.25) is 5.91 Å². The van der Waals surface area contributed by atoms with Crippen LogP contribution in [0, 0.1) is 0 Å². The van der Waals surface area contributed by atoms with Crippen molar-refractivity contribution in [2.24, 2.45) is 0 Å². The van der Waals surface area contributed by atoms with Gasteiger partial charge in [-0.15, -0.1) is 0 Å². The molecule has 0 aliphatic carbocycles. The molecule has 1 aromatic carbocycles. The lowest BCUT2D eigenvalue weighted by Crippen LogP contribution is -2.07. The Morgan fingerprint density at radius 1 is 1.21 bits per heavy atom. The molecule has 0 aliphatic heterocycles. The van der Waals surface area contributed by atoms with Crippen molar-refractivity contribution in [2.45, 2.75) is 13.1 Å². The quantitative estimate of drug-likeness (QED) is 0.745. The molecule has 0 aromatic heterocycles. The second kappa shape index (κ2) is 3.69. The second-order valence-corrected chi connectivity index (χ2v) is 2.76. The second-order valence-electron chi connectivity index (χ2n) is 2.76. The van der Waals surface area contributed by atoms with E-state index in [0.29, 0.717) is 5.69 Å². The molecule has 2 nitrogen and oxygen atoms in total. The van der Waals surface area contributed by atoms with Crippen LogP contribution >= 0.6 is 0 Å². The summed E-state index contributed by atoms with van der Waals surface area (Å²) in [6.45, 7) is 1.29. The molecular formula is C9H8F3NO. The highest BCUT2D eigenvalue weighted by Gasteiger charge is 2.29. The Morgan fingerprint density at radius 3 is 2.07 bits per heavy atom. The number of rotatable bonds is 1. The van der Waals surface area contributed by atoms with Crippen molar-refractivity contribution in [3.63, 3.8) is 0 Å².